The van der Waals surface area contributed by atoms with Crippen molar-refractivity contribution in [1.82, 2.24) is 25.3 Å². The maximum atomic E-state index is 11.5. The van der Waals surface area contributed by atoms with Crippen molar-refractivity contribution in [3.05, 3.63) is 36.4 Å². The standard InChI is InChI=1S/C10H13N5O/c16-10(9-7-12-13-8-9)11-3-1-5-15-6-2-4-14-15/h2,4,6-8H,1,3,5H2,(H,11,16)(H,12,13). The number of carbonyl (C=O) groups excluding carboxylic acids is 1. The van der Waals surface area contributed by atoms with Gasteiger partial charge in [-0.1, -0.05) is 0 Å². The molecule has 0 fully saturated rings. The van der Waals surface area contributed by atoms with Crippen molar-refractivity contribution in [3.63, 3.8) is 0 Å². The quantitative estimate of drug-likeness (QED) is 0.716. The fourth-order valence-electron chi connectivity index (χ4n) is 1.35. The van der Waals surface area contributed by atoms with Crippen molar-refractivity contribution in [2.24, 2.45) is 0 Å². The van der Waals surface area contributed by atoms with Gasteiger partial charge in [-0.2, -0.15) is 10.2 Å². The molecule has 84 valence electrons. The fourth-order valence-corrected chi connectivity index (χ4v) is 1.35. The Morgan fingerprint density at radius 2 is 2.50 bits per heavy atom. The van der Waals surface area contributed by atoms with E-state index in [1.807, 2.05) is 16.9 Å². The topological polar surface area (TPSA) is 75.6 Å². The van der Waals surface area contributed by atoms with Crippen LogP contribution in [0.25, 0.3) is 0 Å². The number of hydrogen-bond acceptors (Lipinski definition) is 3. The third kappa shape index (κ3) is 2.69. The molecule has 2 rings (SSSR count). The Morgan fingerprint density at radius 1 is 1.56 bits per heavy atom. The molecule has 0 saturated heterocycles. The van der Waals surface area contributed by atoms with E-state index in [0.29, 0.717) is 12.1 Å². The van der Waals surface area contributed by atoms with E-state index in [1.165, 1.54) is 6.20 Å². The number of nitrogens with zero attached hydrogens (tertiary/aromatic N) is 3. The number of aryl methyl sites for hydroxylation is 1. The SMILES string of the molecule is O=C(NCCCn1cccn1)c1cn[nH]c1. The van der Waals surface area contributed by atoms with Gasteiger partial charge in [0, 0.05) is 31.7 Å². The van der Waals surface area contributed by atoms with Gasteiger partial charge in [-0.25, -0.2) is 0 Å². The van der Waals surface area contributed by atoms with Crippen LogP contribution in [0.5, 0.6) is 0 Å². The molecule has 0 aliphatic heterocycles. The number of nitrogens with one attached hydrogen (secondary N) is 2. The zero-order valence-electron chi connectivity index (χ0n) is 8.76. The maximum absolute atomic E-state index is 11.5. The van der Waals surface area contributed by atoms with Crippen molar-refractivity contribution >= 4 is 5.91 Å². The predicted octanol–water partition coefficient (Wildman–Crippen LogP) is 0.426. The number of aromatic nitrogens is 4. The van der Waals surface area contributed by atoms with E-state index in [0.717, 1.165) is 13.0 Å². The van der Waals surface area contributed by atoms with Crippen molar-refractivity contribution in [3.8, 4) is 0 Å². The van der Waals surface area contributed by atoms with Crippen molar-refractivity contribution in [1.29, 1.82) is 0 Å². The summed E-state index contributed by atoms with van der Waals surface area (Å²) >= 11 is 0. The van der Waals surface area contributed by atoms with Gasteiger partial charge in [0.15, 0.2) is 0 Å². The van der Waals surface area contributed by atoms with E-state index in [2.05, 4.69) is 20.6 Å². The third-order valence-corrected chi connectivity index (χ3v) is 2.17. The molecule has 6 nitrogen and oxygen atoms in total. The average Bonchev–Trinajstić information content (AvgIpc) is 2.96. The van der Waals surface area contributed by atoms with Crippen molar-refractivity contribution in [2.45, 2.75) is 13.0 Å². The number of H-pyrrole nitrogens is 1. The smallest absolute Gasteiger partial charge is 0.254 e. The van der Waals surface area contributed by atoms with E-state index in [4.69, 9.17) is 0 Å². The normalized spacial score (nSPS) is 10.2. The lowest BCUT2D eigenvalue weighted by molar-refractivity contribution is 0.0952. The van der Waals surface area contributed by atoms with Gasteiger partial charge in [0.25, 0.3) is 5.91 Å². The molecule has 2 N–H and O–H groups in total. The Labute approximate surface area is 92.7 Å². The molecule has 2 aromatic heterocycles. The molecular weight excluding hydrogens is 206 g/mol. The summed E-state index contributed by atoms with van der Waals surface area (Å²) in [6, 6.07) is 1.88. The molecular formula is C10H13N5O. The lowest BCUT2D eigenvalue weighted by Gasteiger charge is -2.03. The molecule has 2 heterocycles. The second-order valence-corrected chi connectivity index (χ2v) is 3.37. The summed E-state index contributed by atoms with van der Waals surface area (Å²) in [5.74, 6) is -0.103. The average molecular weight is 219 g/mol. The van der Waals surface area contributed by atoms with Crippen LogP contribution in [0.1, 0.15) is 16.8 Å². The summed E-state index contributed by atoms with van der Waals surface area (Å²) < 4.78 is 1.84. The zero-order chi connectivity index (χ0) is 11.2. The minimum Gasteiger partial charge on any atom is -0.352 e. The number of hydrogen-bond donors (Lipinski definition) is 2. The Bertz CT molecular complexity index is 420. The van der Waals surface area contributed by atoms with Crippen LogP contribution < -0.4 is 5.32 Å². The highest BCUT2D eigenvalue weighted by Crippen LogP contribution is 1.93. The highest BCUT2D eigenvalue weighted by Gasteiger charge is 2.04. The zero-order valence-corrected chi connectivity index (χ0v) is 8.76. The summed E-state index contributed by atoms with van der Waals surface area (Å²) in [7, 11) is 0. The lowest BCUT2D eigenvalue weighted by atomic mass is 10.3. The molecule has 0 aliphatic rings. The summed E-state index contributed by atoms with van der Waals surface area (Å²) in [5.41, 5.74) is 0.555. The summed E-state index contributed by atoms with van der Waals surface area (Å²) in [6.07, 6.45) is 7.57. The molecule has 0 aromatic carbocycles. The molecule has 0 aliphatic carbocycles. The second kappa shape index (κ2) is 5.11. The van der Waals surface area contributed by atoms with Crippen LogP contribution in [0, 0.1) is 0 Å². The second-order valence-electron chi connectivity index (χ2n) is 3.37. The molecule has 1 amide bonds. The summed E-state index contributed by atoms with van der Waals surface area (Å²) in [4.78, 5) is 11.5. The third-order valence-electron chi connectivity index (χ3n) is 2.17. The van der Waals surface area contributed by atoms with Gasteiger partial charge in [-0.3, -0.25) is 14.6 Å². The van der Waals surface area contributed by atoms with Gasteiger partial charge < -0.3 is 5.32 Å². The van der Waals surface area contributed by atoms with Gasteiger partial charge in [0.2, 0.25) is 0 Å². The van der Waals surface area contributed by atoms with E-state index < -0.39 is 0 Å². The van der Waals surface area contributed by atoms with Crippen LogP contribution in [-0.4, -0.2) is 32.4 Å². The van der Waals surface area contributed by atoms with Gasteiger partial charge in [0.1, 0.15) is 0 Å². The first-order valence-corrected chi connectivity index (χ1v) is 5.10. The molecule has 0 bridgehead atoms. The van der Waals surface area contributed by atoms with E-state index in [-0.39, 0.29) is 5.91 Å². The summed E-state index contributed by atoms with van der Waals surface area (Å²) in [6.45, 7) is 1.43. The summed E-state index contributed by atoms with van der Waals surface area (Å²) in [5, 5.41) is 13.2. The Hall–Kier alpha value is -2.11. The Morgan fingerprint density at radius 3 is 3.19 bits per heavy atom. The van der Waals surface area contributed by atoms with Crippen molar-refractivity contribution in [2.75, 3.05) is 6.54 Å². The molecule has 0 unspecified atom stereocenters. The molecule has 16 heavy (non-hydrogen) atoms. The molecule has 6 heteroatoms. The minimum atomic E-state index is -0.103. The Kier molecular flexibility index (Phi) is 3.32. The van der Waals surface area contributed by atoms with Crippen LogP contribution in [0.3, 0.4) is 0 Å². The van der Waals surface area contributed by atoms with E-state index in [1.54, 1.807) is 12.4 Å². The van der Waals surface area contributed by atoms with Crippen molar-refractivity contribution < 1.29 is 4.79 Å². The number of rotatable bonds is 5. The fraction of sp³-hybridized carbons (Fsp3) is 0.300. The van der Waals surface area contributed by atoms with Gasteiger partial charge in [0.05, 0.1) is 11.8 Å². The van der Waals surface area contributed by atoms with Crippen LogP contribution >= 0.6 is 0 Å². The van der Waals surface area contributed by atoms with E-state index in [9.17, 15) is 4.79 Å². The molecule has 0 atom stereocenters. The first-order valence-electron chi connectivity index (χ1n) is 5.10. The Balaban J connectivity index is 1.67. The van der Waals surface area contributed by atoms with Gasteiger partial charge in [-0.15, -0.1) is 0 Å². The number of carbonyl (C=O) groups is 1. The van der Waals surface area contributed by atoms with Crippen LogP contribution in [0.4, 0.5) is 0 Å². The highest BCUT2D eigenvalue weighted by molar-refractivity contribution is 5.93. The monoisotopic (exact) mass is 219 g/mol. The number of amides is 1. The maximum Gasteiger partial charge on any atom is 0.254 e. The number of aromatic amines is 1. The van der Waals surface area contributed by atoms with Crippen LogP contribution in [-0.2, 0) is 6.54 Å². The minimum absolute atomic E-state index is 0.103. The van der Waals surface area contributed by atoms with Crippen LogP contribution in [0.2, 0.25) is 0 Å². The predicted molar refractivity (Wildman–Crippen MR) is 57.8 cm³/mol. The van der Waals surface area contributed by atoms with E-state index >= 15 is 0 Å². The first-order chi connectivity index (χ1) is 7.86. The van der Waals surface area contributed by atoms with Crippen LogP contribution in [0.15, 0.2) is 30.9 Å². The molecule has 0 radical (unpaired) electrons. The highest BCUT2D eigenvalue weighted by atomic mass is 16.1. The van der Waals surface area contributed by atoms with Gasteiger partial charge in [-0.05, 0) is 12.5 Å². The lowest BCUT2D eigenvalue weighted by Crippen LogP contribution is -2.24. The first kappa shape index (κ1) is 10.4. The van der Waals surface area contributed by atoms with Gasteiger partial charge >= 0.3 is 0 Å². The molecule has 0 spiro atoms. The molecule has 0 saturated carbocycles. The largest absolute Gasteiger partial charge is 0.352 e. The molecule has 2 aromatic rings.